The average Bonchev–Trinajstić information content (AvgIpc) is 3.07. The molecule has 28 heavy (non-hydrogen) atoms. The Morgan fingerprint density at radius 1 is 1.21 bits per heavy atom. The summed E-state index contributed by atoms with van der Waals surface area (Å²) < 4.78 is 14.5. The highest BCUT2D eigenvalue weighted by molar-refractivity contribution is 9.10. The van der Waals surface area contributed by atoms with E-state index in [-0.39, 0.29) is 5.92 Å². The van der Waals surface area contributed by atoms with Crippen LogP contribution in [0.2, 0.25) is 0 Å². The Morgan fingerprint density at radius 3 is 2.64 bits per heavy atom. The molecule has 6 nitrogen and oxygen atoms in total. The van der Waals surface area contributed by atoms with Gasteiger partial charge in [0.05, 0.1) is 13.3 Å². The summed E-state index contributed by atoms with van der Waals surface area (Å²) in [6.07, 6.45) is 1.72. The molecule has 0 bridgehead atoms. The number of aromatic nitrogens is 3. The number of methoxy groups -OCH3 is 1. The molecule has 2 aromatic carbocycles. The summed E-state index contributed by atoms with van der Waals surface area (Å²) in [5.41, 5.74) is 1.94. The van der Waals surface area contributed by atoms with Gasteiger partial charge in [-0.25, -0.2) is 0 Å². The van der Waals surface area contributed by atoms with Gasteiger partial charge in [0.25, 0.3) is 0 Å². The normalized spacial score (nSPS) is 11.3. The van der Waals surface area contributed by atoms with E-state index in [1.807, 2.05) is 56.3 Å². The van der Waals surface area contributed by atoms with Gasteiger partial charge in [0.1, 0.15) is 6.61 Å². The first kappa shape index (κ1) is 20.3. The van der Waals surface area contributed by atoms with Crippen LogP contribution in [0.15, 0.2) is 52.0 Å². The van der Waals surface area contributed by atoms with E-state index in [1.165, 1.54) is 0 Å². The topological polar surface area (TPSA) is 64.4 Å². The van der Waals surface area contributed by atoms with Crippen LogP contribution in [0.25, 0.3) is 0 Å². The maximum atomic E-state index is 5.91. The van der Waals surface area contributed by atoms with E-state index in [1.54, 1.807) is 18.0 Å². The van der Waals surface area contributed by atoms with Gasteiger partial charge in [-0.3, -0.25) is 5.10 Å². The molecule has 3 rings (SSSR count). The third-order valence-electron chi connectivity index (χ3n) is 4.01. The monoisotopic (exact) mass is 460 g/mol. The van der Waals surface area contributed by atoms with Crippen molar-refractivity contribution in [2.24, 2.45) is 5.10 Å². The Kier molecular flexibility index (Phi) is 6.64. The van der Waals surface area contributed by atoms with Crippen molar-refractivity contribution in [2.45, 2.75) is 26.4 Å². The van der Waals surface area contributed by atoms with Crippen molar-refractivity contribution in [1.29, 1.82) is 0 Å². The molecule has 0 amide bonds. The second-order valence-corrected chi connectivity index (χ2v) is 7.73. The maximum absolute atomic E-state index is 5.91. The van der Waals surface area contributed by atoms with Crippen molar-refractivity contribution < 1.29 is 9.47 Å². The van der Waals surface area contributed by atoms with Crippen LogP contribution in [-0.4, -0.2) is 28.2 Å². The summed E-state index contributed by atoms with van der Waals surface area (Å²) in [4.78, 5) is 0. The van der Waals surface area contributed by atoms with Gasteiger partial charge >= 0.3 is 0 Å². The van der Waals surface area contributed by atoms with E-state index in [4.69, 9.17) is 21.7 Å². The highest BCUT2D eigenvalue weighted by Crippen LogP contribution is 2.28. The molecule has 0 aliphatic rings. The number of H-pyrrole nitrogens is 1. The van der Waals surface area contributed by atoms with Gasteiger partial charge in [0, 0.05) is 10.4 Å². The minimum absolute atomic E-state index is 0.203. The minimum Gasteiger partial charge on any atom is -0.493 e. The lowest BCUT2D eigenvalue weighted by Crippen LogP contribution is -2.01. The molecule has 1 aromatic heterocycles. The quantitative estimate of drug-likeness (QED) is 0.383. The predicted octanol–water partition coefficient (Wildman–Crippen LogP) is 5.30. The summed E-state index contributed by atoms with van der Waals surface area (Å²) in [5.74, 6) is 2.29. The maximum Gasteiger partial charge on any atom is 0.216 e. The molecule has 0 aliphatic heterocycles. The zero-order valence-electron chi connectivity index (χ0n) is 15.8. The lowest BCUT2D eigenvalue weighted by atomic mass is 10.2. The number of halogens is 1. The van der Waals surface area contributed by atoms with E-state index >= 15 is 0 Å². The van der Waals surface area contributed by atoms with Gasteiger partial charge < -0.3 is 9.47 Å². The Bertz CT molecular complexity index is 1030. The first-order valence-electron chi connectivity index (χ1n) is 8.75. The van der Waals surface area contributed by atoms with Crippen LogP contribution in [0.5, 0.6) is 11.5 Å². The lowest BCUT2D eigenvalue weighted by Gasteiger charge is -2.11. The summed E-state index contributed by atoms with van der Waals surface area (Å²) in [6, 6.07) is 13.7. The smallest absolute Gasteiger partial charge is 0.216 e. The molecule has 8 heteroatoms. The fourth-order valence-electron chi connectivity index (χ4n) is 2.54. The molecule has 3 aromatic rings. The molecule has 0 unspecified atom stereocenters. The van der Waals surface area contributed by atoms with Gasteiger partial charge in [-0.15, -0.1) is 0 Å². The number of aromatic amines is 1. The second kappa shape index (κ2) is 9.16. The third kappa shape index (κ3) is 4.88. The van der Waals surface area contributed by atoms with Crippen LogP contribution < -0.4 is 9.47 Å². The van der Waals surface area contributed by atoms with Crippen molar-refractivity contribution >= 4 is 34.4 Å². The summed E-state index contributed by atoms with van der Waals surface area (Å²) in [5, 5.41) is 11.5. The van der Waals surface area contributed by atoms with E-state index in [2.05, 4.69) is 31.2 Å². The number of nitrogens with zero attached hydrogens (tertiary/aromatic N) is 3. The van der Waals surface area contributed by atoms with Crippen LogP contribution in [0.4, 0.5) is 0 Å². The number of benzene rings is 2. The van der Waals surface area contributed by atoms with Crippen molar-refractivity contribution in [3.8, 4) is 11.5 Å². The lowest BCUT2D eigenvalue weighted by molar-refractivity contribution is 0.284. The zero-order valence-corrected chi connectivity index (χ0v) is 18.3. The highest BCUT2D eigenvalue weighted by Gasteiger charge is 2.09. The molecule has 0 saturated carbocycles. The number of hydrogen-bond donors (Lipinski definition) is 1. The van der Waals surface area contributed by atoms with Crippen molar-refractivity contribution in [2.75, 3.05) is 7.11 Å². The third-order valence-corrected chi connectivity index (χ3v) is 4.80. The largest absolute Gasteiger partial charge is 0.493 e. The Morgan fingerprint density at radius 2 is 1.96 bits per heavy atom. The molecule has 0 spiro atoms. The van der Waals surface area contributed by atoms with E-state index < -0.39 is 0 Å². The number of ether oxygens (including phenoxy) is 2. The van der Waals surface area contributed by atoms with Crippen LogP contribution in [0, 0.1) is 4.77 Å². The summed E-state index contributed by atoms with van der Waals surface area (Å²) in [7, 11) is 1.62. The molecular weight excluding hydrogens is 440 g/mol. The van der Waals surface area contributed by atoms with Crippen molar-refractivity contribution in [1.82, 2.24) is 14.9 Å². The average molecular weight is 461 g/mol. The molecule has 0 saturated heterocycles. The number of nitrogens with one attached hydrogen (secondary N) is 1. The van der Waals surface area contributed by atoms with Crippen LogP contribution in [0.3, 0.4) is 0 Å². The fraction of sp³-hybridized carbons (Fsp3) is 0.250. The summed E-state index contributed by atoms with van der Waals surface area (Å²) in [6.45, 7) is 4.54. The second-order valence-electron chi connectivity index (χ2n) is 6.42. The Labute approximate surface area is 177 Å². The summed E-state index contributed by atoms with van der Waals surface area (Å²) >= 11 is 8.68. The zero-order chi connectivity index (χ0) is 20.1. The van der Waals surface area contributed by atoms with E-state index in [0.29, 0.717) is 22.9 Å². The first-order chi connectivity index (χ1) is 13.5. The molecule has 1 N–H and O–H groups in total. The SMILES string of the molecule is COc1cc(/C=N/n2c(C(C)C)n[nH]c2=S)ccc1OCc1ccc(Br)cc1. The van der Waals surface area contributed by atoms with E-state index in [9.17, 15) is 0 Å². The van der Waals surface area contributed by atoms with Gasteiger partial charge in [0.2, 0.25) is 4.77 Å². The Hall–Kier alpha value is -2.45. The molecule has 0 atom stereocenters. The molecule has 0 fully saturated rings. The minimum atomic E-state index is 0.203. The van der Waals surface area contributed by atoms with Crippen molar-refractivity contribution in [3.05, 3.63) is 68.7 Å². The molecule has 1 heterocycles. The van der Waals surface area contributed by atoms with Gasteiger partial charge in [-0.05, 0) is 53.7 Å². The number of rotatable bonds is 7. The molecular formula is C20H21BrN4O2S. The molecule has 146 valence electrons. The van der Waals surface area contributed by atoms with Gasteiger partial charge in [-0.2, -0.15) is 14.9 Å². The Balaban J connectivity index is 1.77. The van der Waals surface area contributed by atoms with E-state index in [0.717, 1.165) is 21.4 Å². The molecule has 0 aliphatic carbocycles. The standard InChI is InChI=1S/C20H21BrN4O2S/c1-13(2)19-23-24-20(28)25(19)22-11-15-6-9-17(18(10-15)26-3)27-12-14-4-7-16(21)8-5-14/h4-11,13H,12H2,1-3H3,(H,24,28)/b22-11+. The number of hydrogen-bond acceptors (Lipinski definition) is 5. The highest BCUT2D eigenvalue weighted by atomic mass is 79.9. The van der Waals surface area contributed by atoms with Crippen LogP contribution in [0.1, 0.15) is 36.7 Å². The van der Waals surface area contributed by atoms with Gasteiger partial charge in [-0.1, -0.05) is 41.9 Å². The van der Waals surface area contributed by atoms with Gasteiger partial charge in [0.15, 0.2) is 17.3 Å². The van der Waals surface area contributed by atoms with Crippen molar-refractivity contribution in [3.63, 3.8) is 0 Å². The predicted molar refractivity (Wildman–Crippen MR) is 116 cm³/mol. The first-order valence-corrected chi connectivity index (χ1v) is 9.95. The van der Waals surface area contributed by atoms with Crippen LogP contribution in [-0.2, 0) is 6.61 Å². The molecule has 0 radical (unpaired) electrons. The fourth-order valence-corrected chi connectivity index (χ4v) is 2.99. The van der Waals surface area contributed by atoms with Crippen LogP contribution >= 0.6 is 28.1 Å².